The van der Waals surface area contributed by atoms with Crippen LogP contribution in [0.4, 0.5) is 5.69 Å². The fourth-order valence-corrected chi connectivity index (χ4v) is 4.03. The third-order valence-electron chi connectivity index (χ3n) is 5.91. The zero-order valence-electron chi connectivity index (χ0n) is 18.7. The number of amides is 1. The maximum atomic E-state index is 13.1. The summed E-state index contributed by atoms with van der Waals surface area (Å²) in [5.41, 5.74) is 2.60. The molecule has 1 aromatic heterocycles. The van der Waals surface area contributed by atoms with Crippen LogP contribution in [0.5, 0.6) is 0 Å². The lowest BCUT2D eigenvalue weighted by Crippen LogP contribution is -2.29. The molecular formula is C26H23N3O5. The number of carbonyl (C=O) groups excluding carboxylic acids is 2. The molecule has 0 aliphatic carbocycles. The zero-order valence-corrected chi connectivity index (χ0v) is 18.7. The van der Waals surface area contributed by atoms with Crippen molar-refractivity contribution >= 4 is 23.1 Å². The molecule has 0 bridgehead atoms. The molecule has 1 aliphatic rings. The Balaban J connectivity index is 1.83. The van der Waals surface area contributed by atoms with Crippen molar-refractivity contribution in [2.45, 2.75) is 32.4 Å². The van der Waals surface area contributed by atoms with E-state index in [0.29, 0.717) is 11.5 Å². The zero-order chi connectivity index (χ0) is 24.4. The predicted molar refractivity (Wildman–Crippen MR) is 126 cm³/mol. The maximum absolute atomic E-state index is 13.1. The molecule has 0 radical (unpaired) electrons. The molecule has 8 heteroatoms. The molecule has 1 atom stereocenters. The Morgan fingerprint density at radius 2 is 1.65 bits per heavy atom. The van der Waals surface area contributed by atoms with Crippen molar-refractivity contribution in [3.8, 4) is 0 Å². The van der Waals surface area contributed by atoms with Crippen LogP contribution in [0.25, 0.3) is 5.76 Å². The monoisotopic (exact) mass is 457 g/mol. The van der Waals surface area contributed by atoms with Gasteiger partial charge in [0.2, 0.25) is 0 Å². The molecule has 1 saturated heterocycles. The Morgan fingerprint density at radius 1 is 1.03 bits per heavy atom. The van der Waals surface area contributed by atoms with Gasteiger partial charge in [0, 0.05) is 36.6 Å². The van der Waals surface area contributed by atoms with Gasteiger partial charge in [0.05, 0.1) is 16.5 Å². The summed E-state index contributed by atoms with van der Waals surface area (Å²) in [5.74, 6) is -1.60. The Bertz CT molecular complexity index is 1270. The number of hydrogen-bond donors (Lipinski definition) is 1. The Kier molecular flexibility index (Phi) is 6.23. The summed E-state index contributed by atoms with van der Waals surface area (Å²) < 4.78 is 0. The standard InChI is InChI=1S/C26H23N3O5/c1-16(2)18-3-5-19(6-4-18)23-22(24(30)20-7-9-21(10-8-20)29(33)34)25(31)26(32)28(23)15-17-11-13-27-14-12-17/h3-14,16,23,30H,15H2,1-2H3/b24-22-. The number of hydrogen-bond acceptors (Lipinski definition) is 6. The minimum atomic E-state index is -0.815. The number of aliphatic hydroxyl groups is 1. The van der Waals surface area contributed by atoms with Crippen LogP contribution in [0.1, 0.15) is 48.1 Å². The van der Waals surface area contributed by atoms with Crippen LogP contribution in [0, 0.1) is 10.1 Å². The lowest BCUT2D eigenvalue weighted by Gasteiger charge is -2.25. The maximum Gasteiger partial charge on any atom is 0.295 e. The average Bonchev–Trinajstić information content (AvgIpc) is 3.09. The summed E-state index contributed by atoms with van der Waals surface area (Å²) in [6.45, 7) is 4.29. The molecule has 4 rings (SSSR count). The number of ketones is 1. The number of carbonyl (C=O) groups is 2. The van der Waals surface area contributed by atoms with E-state index < -0.39 is 22.7 Å². The second-order valence-electron chi connectivity index (χ2n) is 8.41. The average molecular weight is 457 g/mol. The lowest BCUT2D eigenvalue weighted by atomic mass is 9.93. The minimum Gasteiger partial charge on any atom is -0.507 e. The first kappa shape index (κ1) is 22.8. The quantitative estimate of drug-likeness (QED) is 0.188. The highest BCUT2D eigenvalue weighted by Crippen LogP contribution is 2.40. The predicted octanol–water partition coefficient (Wildman–Crippen LogP) is 4.74. The fraction of sp³-hybridized carbons (Fsp3) is 0.192. The van der Waals surface area contributed by atoms with Crippen molar-refractivity contribution in [2.24, 2.45) is 0 Å². The van der Waals surface area contributed by atoms with Gasteiger partial charge in [0.1, 0.15) is 5.76 Å². The number of likely N-dealkylation sites (tertiary alicyclic amines) is 1. The van der Waals surface area contributed by atoms with E-state index in [2.05, 4.69) is 18.8 Å². The molecule has 8 nitrogen and oxygen atoms in total. The van der Waals surface area contributed by atoms with E-state index in [1.165, 1.54) is 29.2 Å². The summed E-state index contributed by atoms with van der Waals surface area (Å²) in [7, 11) is 0. The number of aliphatic hydroxyl groups excluding tert-OH is 1. The third-order valence-corrected chi connectivity index (χ3v) is 5.91. The number of nitro groups is 1. The van der Waals surface area contributed by atoms with Crippen LogP contribution in [0.15, 0.2) is 78.6 Å². The van der Waals surface area contributed by atoms with Gasteiger partial charge >= 0.3 is 0 Å². The van der Waals surface area contributed by atoms with Gasteiger partial charge in [-0.1, -0.05) is 38.1 Å². The molecule has 1 aliphatic heterocycles. The van der Waals surface area contributed by atoms with Gasteiger partial charge in [-0.15, -0.1) is 0 Å². The summed E-state index contributed by atoms with van der Waals surface area (Å²) in [6.07, 6.45) is 3.21. The van der Waals surface area contributed by atoms with Crippen LogP contribution < -0.4 is 0 Å². The molecule has 0 spiro atoms. The first-order valence-electron chi connectivity index (χ1n) is 10.8. The molecule has 172 valence electrons. The number of non-ortho nitro benzene ring substituents is 1. The van der Waals surface area contributed by atoms with Crippen LogP contribution in [0.2, 0.25) is 0 Å². The molecular weight excluding hydrogens is 434 g/mol. The van der Waals surface area contributed by atoms with Crippen LogP contribution in [-0.2, 0) is 16.1 Å². The summed E-state index contributed by atoms with van der Waals surface area (Å²) >= 11 is 0. The number of rotatable bonds is 6. The first-order valence-corrected chi connectivity index (χ1v) is 10.8. The fourth-order valence-electron chi connectivity index (χ4n) is 4.03. The van der Waals surface area contributed by atoms with Gasteiger partial charge in [-0.25, -0.2) is 0 Å². The molecule has 1 unspecified atom stereocenters. The topological polar surface area (TPSA) is 114 Å². The normalized spacial score (nSPS) is 17.4. The summed E-state index contributed by atoms with van der Waals surface area (Å²) in [4.78, 5) is 42.1. The smallest absolute Gasteiger partial charge is 0.295 e. The second-order valence-corrected chi connectivity index (χ2v) is 8.41. The van der Waals surface area contributed by atoms with E-state index >= 15 is 0 Å². The van der Waals surface area contributed by atoms with Gasteiger partial charge in [0.25, 0.3) is 17.4 Å². The van der Waals surface area contributed by atoms with Crippen molar-refractivity contribution in [1.29, 1.82) is 0 Å². The lowest BCUT2D eigenvalue weighted by molar-refractivity contribution is -0.384. The SMILES string of the molecule is CC(C)c1ccc(C2/C(=C(/O)c3ccc([N+](=O)[O-])cc3)C(=O)C(=O)N2Cc2ccncc2)cc1. The third kappa shape index (κ3) is 4.30. The van der Waals surface area contributed by atoms with E-state index in [9.17, 15) is 24.8 Å². The van der Waals surface area contributed by atoms with Gasteiger partial charge in [-0.05, 0) is 46.9 Å². The molecule has 2 aromatic carbocycles. The summed E-state index contributed by atoms with van der Waals surface area (Å²) in [6, 6.07) is 15.5. The summed E-state index contributed by atoms with van der Waals surface area (Å²) in [5, 5.41) is 22.1. The van der Waals surface area contributed by atoms with Crippen molar-refractivity contribution in [3.63, 3.8) is 0 Å². The number of pyridine rings is 1. The Morgan fingerprint density at radius 3 is 2.21 bits per heavy atom. The van der Waals surface area contributed by atoms with Gasteiger partial charge in [-0.3, -0.25) is 24.7 Å². The van der Waals surface area contributed by atoms with Crippen molar-refractivity contribution in [3.05, 3.63) is 111 Å². The largest absolute Gasteiger partial charge is 0.507 e. The molecule has 1 N–H and O–H groups in total. The molecule has 34 heavy (non-hydrogen) atoms. The second kappa shape index (κ2) is 9.27. The highest BCUT2D eigenvalue weighted by atomic mass is 16.6. The van der Waals surface area contributed by atoms with E-state index in [1.54, 1.807) is 24.5 Å². The number of nitro benzene ring substituents is 1. The van der Waals surface area contributed by atoms with Crippen LogP contribution >= 0.6 is 0 Å². The molecule has 1 amide bonds. The van der Waals surface area contributed by atoms with E-state index in [-0.39, 0.29) is 29.1 Å². The molecule has 0 saturated carbocycles. The Labute approximate surface area is 196 Å². The number of benzene rings is 2. The van der Waals surface area contributed by atoms with E-state index in [1.807, 2.05) is 24.3 Å². The highest BCUT2D eigenvalue weighted by molar-refractivity contribution is 6.46. The van der Waals surface area contributed by atoms with Crippen molar-refractivity contribution < 1.29 is 19.6 Å². The number of nitrogens with zero attached hydrogens (tertiary/aromatic N) is 3. The van der Waals surface area contributed by atoms with Gasteiger partial charge in [0.15, 0.2) is 0 Å². The van der Waals surface area contributed by atoms with Crippen LogP contribution in [0.3, 0.4) is 0 Å². The van der Waals surface area contributed by atoms with Crippen molar-refractivity contribution in [1.82, 2.24) is 9.88 Å². The van der Waals surface area contributed by atoms with E-state index in [0.717, 1.165) is 11.1 Å². The molecule has 1 fully saturated rings. The van der Waals surface area contributed by atoms with Crippen LogP contribution in [-0.4, -0.2) is 31.6 Å². The number of Topliss-reactive ketones (excluding diaryl/α,β-unsaturated/α-hetero) is 1. The first-order chi connectivity index (χ1) is 16.3. The van der Waals surface area contributed by atoms with Gasteiger partial charge < -0.3 is 10.0 Å². The van der Waals surface area contributed by atoms with E-state index in [4.69, 9.17) is 0 Å². The highest BCUT2D eigenvalue weighted by Gasteiger charge is 2.46. The molecule has 2 heterocycles. The molecule has 3 aromatic rings. The van der Waals surface area contributed by atoms with Gasteiger partial charge in [-0.2, -0.15) is 0 Å². The van der Waals surface area contributed by atoms with Crippen molar-refractivity contribution in [2.75, 3.05) is 0 Å². The number of aromatic nitrogens is 1. The Hall–Kier alpha value is -4.33. The minimum absolute atomic E-state index is 0.0507.